The van der Waals surface area contributed by atoms with Crippen molar-refractivity contribution in [2.24, 2.45) is 0 Å². The molecule has 0 atom stereocenters. The molecule has 5 aromatic rings. The van der Waals surface area contributed by atoms with Crippen LogP contribution in [0.15, 0.2) is 67.1 Å². The van der Waals surface area contributed by atoms with Gasteiger partial charge < -0.3 is 5.32 Å². The Bertz CT molecular complexity index is 1500. The zero-order valence-electron chi connectivity index (χ0n) is 17.0. The summed E-state index contributed by atoms with van der Waals surface area (Å²) in [5.41, 5.74) is 2.65. The largest absolute Gasteiger partial charge is 0.350 e. The third kappa shape index (κ3) is 4.50. The van der Waals surface area contributed by atoms with E-state index < -0.39 is 11.6 Å². The van der Waals surface area contributed by atoms with Gasteiger partial charge in [0.05, 0.1) is 11.7 Å². The van der Waals surface area contributed by atoms with Crippen LogP contribution in [0.3, 0.4) is 0 Å². The van der Waals surface area contributed by atoms with Crippen molar-refractivity contribution in [1.82, 2.24) is 30.1 Å². The maximum Gasteiger partial charge on any atom is 0.223 e. The van der Waals surface area contributed by atoms with Crippen LogP contribution in [0.4, 0.5) is 14.7 Å². The van der Waals surface area contributed by atoms with Crippen molar-refractivity contribution >= 4 is 16.9 Å². The van der Waals surface area contributed by atoms with Crippen LogP contribution in [0.1, 0.15) is 16.8 Å². The molecule has 3 aromatic heterocycles. The Morgan fingerprint density at radius 2 is 1.76 bits per heavy atom. The van der Waals surface area contributed by atoms with Crippen LogP contribution in [-0.4, -0.2) is 30.1 Å². The van der Waals surface area contributed by atoms with E-state index in [0.717, 1.165) is 16.5 Å². The quantitative estimate of drug-likeness (QED) is 0.410. The number of H-pyrrole nitrogens is 1. The highest BCUT2D eigenvalue weighted by atomic mass is 19.1. The number of benzene rings is 2. The standard InChI is InChI=1S/C24H15F2N7/c25-19-2-1-3-20(26)18(19)14-29-24-28-11-9-22(32-24)23-27-10-8-17(31-23)6-4-15-5-7-21-16(12-15)13-30-33-21/h1-3,5,7-13H,14H2,(H,30,33)(H,28,29,32). The normalized spacial score (nSPS) is 10.6. The fraction of sp³-hybridized carbons (Fsp3) is 0.0417. The molecule has 0 unspecified atom stereocenters. The van der Waals surface area contributed by atoms with Crippen molar-refractivity contribution in [3.63, 3.8) is 0 Å². The number of nitrogens with one attached hydrogen (secondary N) is 2. The number of aromatic amines is 1. The number of hydrogen-bond acceptors (Lipinski definition) is 6. The molecular weight excluding hydrogens is 424 g/mol. The number of anilines is 1. The number of aromatic nitrogens is 6. The van der Waals surface area contributed by atoms with Crippen LogP contribution in [0.25, 0.3) is 22.4 Å². The maximum absolute atomic E-state index is 13.8. The molecule has 2 N–H and O–H groups in total. The average Bonchev–Trinajstić information content (AvgIpc) is 3.31. The summed E-state index contributed by atoms with van der Waals surface area (Å²) in [6.45, 7) is -0.102. The van der Waals surface area contributed by atoms with Crippen molar-refractivity contribution in [3.05, 3.63) is 95.6 Å². The molecule has 0 aliphatic rings. The lowest BCUT2D eigenvalue weighted by molar-refractivity contribution is 0.559. The number of nitrogens with zero attached hydrogens (tertiary/aromatic N) is 5. The summed E-state index contributed by atoms with van der Waals surface area (Å²) in [4.78, 5) is 17.2. The molecule has 3 heterocycles. The average molecular weight is 439 g/mol. The molecule has 33 heavy (non-hydrogen) atoms. The van der Waals surface area contributed by atoms with Crippen LogP contribution >= 0.6 is 0 Å². The molecule has 0 radical (unpaired) electrons. The second-order valence-corrected chi connectivity index (χ2v) is 7.01. The highest BCUT2D eigenvalue weighted by Gasteiger charge is 2.10. The van der Waals surface area contributed by atoms with Gasteiger partial charge in [0.15, 0.2) is 5.82 Å². The first kappa shape index (κ1) is 20.2. The van der Waals surface area contributed by atoms with Crippen molar-refractivity contribution < 1.29 is 8.78 Å². The molecule has 0 aliphatic heterocycles. The highest BCUT2D eigenvalue weighted by molar-refractivity contribution is 5.79. The summed E-state index contributed by atoms with van der Waals surface area (Å²) in [6.07, 6.45) is 4.85. The van der Waals surface area contributed by atoms with Gasteiger partial charge in [-0.25, -0.2) is 28.7 Å². The summed E-state index contributed by atoms with van der Waals surface area (Å²) in [5, 5.41) is 10.7. The second-order valence-electron chi connectivity index (χ2n) is 7.01. The van der Waals surface area contributed by atoms with Crippen LogP contribution in [0, 0.1) is 23.5 Å². The first-order chi connectivity index (χ1) is 16.2. The van der Waals surface area contributed by atoms with Crippen LogP contribution < -0.4 is 5.32 Å². The van der Waals surface area contributed by atoms with E-state index >= 15 is 0 Å². The van der Waals surface area contributed by atoms with Gasteiger partial charge in [0.25, 0.3) is 0 Å². The monoisotopic (exact) mass is 439 g/mol. The van der Waals surface area contributed by atoms with E-state index in [9.17, 15) is 8.78 Å². The Kier molecular flexibility index (Phi) is 5.39. The van der Waals surface area contributed by atoms with Gasteiger partial charge in [0, 0.05) is 35.5 Å². The van der Waals surface area contributed by atoms with Gasteiger partial charge >= 0.3 is 0 Å². The minimum absolute atomic E-state index is 0.0892. The Balaban J connectivity index is 1.35. The first-order valence-electron chi connectivity index (χ1n) is 9.94. The first-order valence-corrected chi connectivity index (χ1v) is 9.94. The van der Waals surface area contributed by atoms with Gasteiger partial charge in [-0.3, -0.25) is 5.10 Å². The molecule has 5 rings (SSSR count). The summed E-state index contributed by atoms with van der Waals surface area (Å²) in [7, 11) is 0. The minimum Gasteiger partial charge on any atom is -0.350 e. The van der Waals surface area contributed by atoms with E-state index in [2.05, 4.69) is 47.3 Å². The fourth-order valence-electron chi connectivity index (χ4n) is 3.15. The molecule has 0 saturated carbocycles. The Morgan fingerprint density at radius 3 is 2.64 bits per heavy atom. The fourth-order valence-corrected chi connectivity index (χ4v) is 3.15. The maximum atomic E-state index is 13.8. The third-order valence-corrected chi connectivity index (χ3v) is 4.80. The molecule has 0 spiro atoms. The zero-order chi connectivity index (χ0) is 22.6. The predicted molar refractivity (Wildman–Crippen MR) is 119 cm³/mol. The van der Waals surface area contributed by atoms with Gasteiger partial charge in [-0.05, 0) is 48.4 Å². The molecule has 0 aliphatic carbocycles. The third-order valence-electron chi connectivity index (χ3n) is 4.80. The van der Waals surface area contributed by atoms with Crippen molar-refractivity contribution in [1.29, 1.82) is 0 Å². The molecule has 160 valence electrons. The van der Waals surface area contributed by atoms with Gasteiger partial charge in [0.2, 0.25) is 5.95 Å². The van der Waals surface area contributed by atoms with Crippen LogP contribution in [0.2, 0.25) is 0 Å². The van der Waals surface area contributed by atoms with Crippen molar-refractivity contribution in [3.8, 4) is 23.4 Å². The Labute approximate surface area is 187 Å². The molecule has 0 fully saturated rings. The van der Waals surface area contributed by atoms with Crippen molar-refractivity contribution in [2.75, 3.05) is 5.32 Å². The van der Waals surface area contributed by atoms with Gasteiger partial charge in [-0.1, -0.05) is 12.0 Å². The van der Waals surface area contributed by atoms with E-state index in [1.165, 1.54) is 24.4 Å². The van der Waals surface area contributed by atoms with Crippen molar-refractivity contribution in [2.45, 2.75) is 6.54 Å². The van der Waals surface area contributed by atoms with Gasteiger partial charge in [-0.15, -0.1) is 0 Å². The minimum atomic E-state index is -0.639. The van der Waals surface area contributed by atoms with Crippen LogP contribution in [-0.2, 0) is 6.54 Å². The summed E-state index contributed by atoms with van der Waals surface area (Å²) < 4.78 is 27.7. The predicted octanol–water partition coefficient (Wildman–Crippen LogP) is 4.10. The molecule has 0 saturated heterocycles. The smallest absolute Gasteiger partial charge is 0.223 e. The van der Waals surface area contributed by atoms with E-state index in [1.807, 2.05) is 18.2 Å². The Morgan fingerprint density at radius 1 is 0.909 bits per heavy atom. The number of fused-ring (bicyclic) bond motifs is 1. The SMILES string of the molecule is Fc1cccc(F)c1CNc1nccc(-c2nccc(C#Cc3ccc4[nH]ncc4c3)n2)n1. The molecule has 2 aromatic carbocycles. The molecule has 7 nitrogen and oxygen atoms in total. The zero-order valence-corrected chi connectivity index (χ0v) is 17.0. The van der Waals surface area contributed by atoms with E-state index in [0.29, 0.717) is 17.2 Å². The lowest BCUT2D eigenvalue weighted by Gasteiger charge is -2.08. The van der Waals surface area contributed by atoms with Gasteiger partial charge in [-0.2, -0.15) is 5.10 Å². The number of halogens is 2. The number of hydrogen-bond donors (Lipinski definition) is 2. The van der Waals surface area contributed by atoms with E-state index in [-0.39, 0.29) is 18.1 Å². The summed E-state index contributed by atoms with van der Waals surface area (Å²) >= 11 is 0. The summed E-state index contributed by atoms with van der Waals surface area (Å²) in [5.74, 6) is 5.39. The summed E-state index contributed by atoms with van der Waals surface area (Å²) in [6, 6.07) is 12.8. The molecule has 0 bridgehead atoms. The Hall–Kier alpha value is -4.71. The topological polar surface area (TPSA) is 92.3 Å². The lowest BCUT2D eigenvalue weighted by Crippen LogP contribution is -2.07. The van der Waals surface area contributed by atoms with E-state index in [4.69, 9.17) is 0 Å². The number of rotatable bonds is 4. The second kappa shape index (κ2) is 8.80. The van der Waals surface area contributed by atoms with Gasteiger partial charge in [0.1, 0.15) is 23.0 Å². The highest BCUT2D eigenvalue weighted by Crippen LogP contribution is 2.16. The van der Waals surface area contributed by atoms with Crippen LogP contribution in [0.5, 0.6) is 0 Å². The van der Waals surface area contributed by atoms with E-state index in [1.54, 1.807) is 24.5 Å². The molecule has 9 heteroatoms. The molecular formula is C24H15F2N7. The lowest BCUT2D eigenvalue weighted by atomic mass is 10.1. The molecule has 0 amide bonds.